The van der Waals surface area contributed by atoms with Gasteiger partial charge in [-0.15, -0.1) is 0 Å². The van der Waals surface area contributed by atoms with Crippen LogP contribution in [0.3, 0.4) is 0 Å². The fourth-order valence-electron chi connectivity index (χ4n) is 2.43. The molecule has 1 aliphatic carbocycles. The van der Waals surface area contributed by atoms with E-state index >= 15 is 0 Å². The minimum absolute atomic E-state index is 0.371. The molecule has 3 nitrogen and oxygen atoms in total. The zero-order valence-electron chi connectivity index (χ0n) is 10.6. The van der Waals surface area contributed by atoms with E-state index in [2.05, 4.69) is 17.1 Å². The lowest BCUT2D eigenvalue weighted by atomic mass is 9.92. The fourth-order valence-corrected chi connectivity index (χ4v) is 2.43. The topological polar surface area (TPSA) is 45.9 Å². The third-order valence-electron chi connectivity index (χ3n) is 3.38. The number of fused-ring (bicyclic) bond motifs is 1. The lowest BCUT2D eigenvalue weighted by molar-refractivity contribution is 0.461. The van der Waals surface area contributed by atoms with Gasteiger partial charge in [0.05, 0.1) is 0 Å². The maximum absolute atomic E-state index is 8.82. The van der Waals surface area contributed by atoms with Gasteiger partial charge in [-0.05, 0) is 55.0 Å². The van der Waals surface area contributed by atoms with Gasteiger partial charge < -0.3 is 4.74 Å². The minimum Gasteiger partial charge on any atom is -0.439 e. The number of hydrogen-bond donors (Lipinski definition) is 0. The Morgan fingerprint density at radius 3 is 2.74 bits per heavy atom. The number of aromatic nitrogens is 1. The van der Waals surface area contributed by atoms with Crippen molar-refractivity contribution in [1.82, 2.24) is 4.98 Å². The van der Waals surface area contributed by atoms with Crippen LogP contribution in [0, 0.1) is 11.3 Å². The Hall–Kier alpha value is -2.34. The van der Waals surface area contributed by atoms with Crippen molar-refractivity contribution in [3.63, 3.8) is 0 Å². The Morgan fingerprint density at radius 2 is 1.89 bits per heavy atom. The molecule has 0 saturated carbocycles. The molecule has 0 saturated heterocycles. The highest BCUT2D eigenvalue weighted by molar-refractivity contribution is 5.39. The lowest BCUT2D eigenvalue weighted by Gasteiger charge is -2.16. The molecule has 2 aromatic rings. The van der Waals surface area contributed by atoms with Gasteiger partial charge in [-0.25, -0.2) is 4.98 Å². The molecule has 94 valence electrons. The second-order valence-corrected chi connectivity index (χ2v) is 4.71. The molecule has 3 heteroatoms. The Kier molecular flexibility index (Phi) is 3.16. The Balaban J connectivity index is 1.85. The van der Waals surface area contributed by atoms with Crippen molar-refractivity contribution in [2.24, 2.45) is 0 Å². The average molecular weight is 250 g/mol. The van der Waals surface area contributed by atoms with Crippen LogP contribution in [-0.2, 0) is 12.8 Å². The van der Waals surface area contributed by atoms with Crippen LogP contribution in [0.2, 0.25) is 0 Å². The highest BCUT2D eigenvalue weighted by atomic mass is 16.5. The Labute approximate surface area is 112 Å². The summed E-state index contributed by atoms with van der Waals surface area (Å²) in [6.45, 7) is 0. The smallest absolute Gasteiger partial charge is 0.220 e. The van der Waals surface area contributed by atoms with Crippen LogP contribution in [0.1, 0.15) is 29.7 Å². The normalized spacial score (nSPS) is 13.4. The van der Waals surface area contributed by atoms with Crippen LogP contribution in [0.5, 0.6) is 11.6 Å². The van der Waals surface area contributed by atoms with Gasteiger partial charge in [0.1, 0.15) is 17.5 Å². The van der Waals surface area contributed by atoms with Gasteiger partial charge in [-0.3, -0.25) is 0 Å². The highest BCUT2D eigenvalue weighted by Crippen LogP contribution is 2.27. The van der Waals surface area contributed by atoms with Gasteiger partial charge in [0.2, 0.25) is 5.88 Å². The summed E-state index contributed by atoms with van der Waals surface area (Å²) in [5.74, 6) is 1.26. The molecule has 1 aliphatic rings. The van der Waals surface area contributed by atoms with E-state index in [-0.39, 0.29) is 0 Å². The summed E-state index contributed by atoms with van der Waals surface area (Å²) in [7, 11) is 0. The van der Waals surface area contributed by atoms with Crippen molar-refractivity contribution in [3.05, 3.63) is 53.2 Å². The van der Waals surface area contributed by atoms with Crippen molar-refractivity contribution in [2.45, 2.75) is 25.7 Å². The first-order valence-electron chi connectivity index (χ1n) is 6.52. The second kappa shape index (κ2) is 5.11. The zero-order chi connectivity index (χ0) is 13.1. The quantitative estimate of drug-likeness (QED) is 0.817. The molecule has 0 radical (unpaired) electrons. The summed E-state index contributed by atoms with van der Waals surface area (Å²) in [6.07, 6.45) is 4.81. The molecule has 0 bridgehead atoms. The molecule has 0 spiro atoms. The molecule has 0 unspecified atom stereocenters. The number of nitrogens with zero attached hydrogens (tertiary/aromatic N) is 2. The number of aryl methyl sites for hydroxylation is 2. The molecule has 0 fully saturated rings. The van der Waals surface area contributed by atoms with E-state index in [0.29, 0.717) is 11.6 Å². The molecule has 3 rings (SSSR count). The van der Waals surface area contributed by atoms with Gasteiger partial charge in [-0.1, -0.05) is 12.1 Å². The maximum Gasteiger partial charge on any atom is 0.220 e. The number of nitriles is 1. The number of benzene rings is 1. The van der Waals surface area contributed by atoms with Crippen LogP contribution in [0.4, 0.5) is 0 Å². The predicted octanol–water partition coefficient (Wildman–Crippen LogP) is 3.62. The van der Waals surface area contributed by atoms with Gasteiger partial charge in [0.25, 0.3) is 0 Å². The average Bonchev–Trinajstić information content (AvgIpc) is 2.47. The summed E-state index contributed by atoms with van der Waals surface area (Å²) in [6, 6.07) is 13.4. The summed E-state index contributed by atoms with van der Waals surface area (Å²) >= 11 is 0. The first kappa shape index (κ1) is 11.7. The highest BCUT2D eigenvalue weighted by Gasteiger charge is 2.10. The number of pyridine rings is 1. The molecule has 1 aromatic heterocycles. The summed E-state index contributed by atoms with van der Waals surface area (Å²) in [5, 5.41) is 8.82. The third kappa shape index (κ3) is 2.58. The number of ether oxygens (including phenoxy) is 1. The van der Waals surface area contributed by atoms with Crippen LogP contribution in [0.15, 0.2) is 36.4 Å². The largest absolute Gasteiger partial charge is 0.439 e. The summed E-state index contributed by atoms with van der Waals surface area (Å²) < 4.78 is 5.72. The van der Waals surface area contributed by atoms with Crippen LogP contribution in [-0.4, -0.2) is 4.98 Å². The van der Waals surface area contributed by atoms with Gasteiger partial charge in [0.15, 0.2) is 0 Å². The lowest BCUT2D eigenvalue weighted by Crippen LogP contribution is -2.02. The van der Waals surface area contributed by atoms with Crippen molar-refractivity contribution < 1.29 is 4.74 Å². The van der Waals surface area contributed by atoms with Gasteiger partial charge in [0, 0.05) is 6.07 Å². The van der Waals surface area contributed by atoms with Crippen LogP contribution >= 0.6 is 0 Å². The van der Waals surface area contributed by atoms with E-state index in [4.69, 9.17) is 10.00 Å². The van der Waals surface area contributed by atoms with E-state index in [1.54, 1.807) is 18.2 Å². The maximum atomic E-state index is 8.82. The second-order valence-electron chi connectivity index (χ2n) is 4.71. The molecular formula is C16H14N2O. The van der Waals surface area contributed by atoms with E-state index in [1.807, 2.05) is 12.1 Å². The van der Waals surface area contributed by atoms with Gasteiger partial charge in [-0.2, -0.15) is 5.26 Å². The Morgan fingerprint density at radius 1 is 1.05 bits per heavy atom. The van der Waals surface area contributed by atoms with Crippen molar-refractivity contribution in [3.8, 4) is 17.7 Å². The van der Waals surface area contributed by atoms with Crippen LogP contribution in [0.25, 0.3) is 0 Å². The standard InChI is InChI=1S/C16H14N2O/c17-11-14-6-3-7-16(18-14)19-15-9-8-12-4-1-2-5-13(12)10-15/h3,6-10H,1-2,4-5H2. The molecule has 0 aliphatic heterocycles. The van der Waals surface area contributed by atoms with E-state index in [0.717, 1.165) is 18.6 Å². The molecule has 0 N–H and O–H groups in total. The first-order valence-corrected chi connectivity index (χ1v) is 6.52. The molecule has 1 aromatic carbocycles. The Bertz CT molecular complexity index is 643. The van der Waals surface area contributed by atoms with Crippen LogP contribution < -0.4 is 4.74 Å². The predicted molar refractivity (Wildman–Crippen MR) is 72.1 cm³/mol. The first-order chi connectivity index (χ1) is 9.35. The molecule has 19 heavy (non-hydrogen) atoms. The summed E-state index contributed by atoms with van der Waals surface area (Å²) in [4.78, 5) is 4.12. The van der Waals surface area contributed by atoms with E-state index in [9.17, 15) is 0 Å². The van der Waals surface area contributed by atoms with Crippen molar-refractivity contribution in [2.75, 3.05) is 0 Å². The molecular weight excluding hydrogens is 236 g/mol. The summed E-state index contributed by atoms with van der Waals surface area (Å²) in [5.41, 5.74) is 3.17. The van der Waals surface area contributed by atoms with Crippen molar-refractivity contribution in [1.29, 1.82) is 5.26 Å². The number of rotatable bonds is 2. The monoisotopic (exact) mass is 250 g/mol. The fraction of sp³-hybridized carbons (Fsp3) is 0.250. The zero-order valence-corrected chi connectivity index (χ0v) is 10.6. The van der Waals surface area contributed by atoms with Gasteiger partial charge >= 0.3 is 0 Å². The van der Waals surface area contributed by atoms with Crippen molar-refractivity contribution >= 4 is 0 Å². The number of hydrogen-bond acceptors (Lipinski definition) is 3. The van der Waals surface area contributed by atoms with E-state index in [1.165, 1.54) is 24.0 Å². The molecule has 0 atom stereocenters. The third-order valence-corrected chi connectivity index (χ3v) is 3.38. The SMILES string of the molecule is N#Cc1cccc(Oc2ccc3c(c2)CCCC3)n1. The molecule has 1 heterocycles. The van der Waals surface area contributed by atoms with E-state index < -0.39 is 0 Å². The molecule has 0 amide bonds. The minimum atomic E-state index is 0.371.